The van der Waals surface area contributed by atoms with Gasteiger partial charge in [-0.3, -0.25) is 14.4 Å². The Kier molecular flexibility index (Phi) is 5.16. The second-order valence-corrected chi connectivity index (χ2v) is 6.56. The zero-order valence-electron chi connectivity index (χ0n) is 15.0. The summed E-state index contributed by atoms with van der Waals surface area (Å²) in [5.74, 6) is -0.711. The lowest BCUT2D eigenvalue weighted by atomic mass is 10.1. The first-order chi connectivity index (χ1) is 12.5. The molecule has 0 unspecified atom stereocenters. The molecule has 1 aliphatic rings. The summed E-state index contributed by atoms with van der Waals surface area (Å²) < 4.78 is 0. The van der Waals surface area contributed by atoms with Crippen molar-refractivity contribution in [1.82, 2.24) is 0 Å². The second kappa shape index (κ2) is 7.52. The Morgan fingerprint density at radius 1 is 1.15 bits per heavy atom. The highest BCUT2D eigenvalue weighted by molar-refractivity contribution is 6.04. The molecule has 5 nitrogen and oxygen atoms in total. The van der Waals surface area contributed by atoms with E-state index in [4.69, 9.17) is 0 Å². The molecule has 2 aromatic rings. The number of hydrogen-bond acceptors (Lipinski definition) is 3. The number of aryl methyl sites for hydroxylation is 1. The molecule has 1 N–H and O–H groups in total. The Balaban J connectivity index is 1.71. The van der Waals surface area contributed by atoms with Crippen LogP contribution in [0.15, 0.2) is 48.5 Å². The van der Waals surface area contributed by atoms with Crippen molar-refractivity contribution in [1.29, 1.82) is 0 Å². The third-order valence-corrected chi connectivity index (χ3v) is 4.66. The number of hydrogen-bond donors (Lipinski definition) is 1. The van der Waals surface area contributed by atoms with Gasteiger partial charge in [0.2, 0.25) is 11.8 Å². The van der Waals surface area contributed by atoms with Gasteiger partial charge in [0.1, 0.15) is 0 Å². The summed E-state index contributed by atoms with van der Waals surface area (Å²) in [6, 6.07) is 14.7. The number of Topliss-reactive ketones (excluding diaryl/α,β-unsaturated/α-hetero) is 1. The third kappa shape index (κ3) is 3.82. The van der Waals surface area contributed by atoms with Gasteiger partial charge >= 0.3 is 0 Å². The van der Waals surface area contributed by atoms with Gasteiger partial charge < -0.3 is 10.2 Å². The Morgan fingerprint density at radius 2 is 1.92 bits per heavy atom. The summed E-state index contributed by atoms with van der Waals surface area (Å²) >= 11 is 0. The quantitative estimate of drug-likeness (QED) is 0.840. The monoisotopic (exact) mass is 350 g/mol. The largest absolute Gasteiger partial charge is 0.326 e. The predicted molar refractivity (Wildman–Crippen MR) is 101 cm³/mol. The maximum atomic E-state index is 12.6. The van der Waals surface area contributed by atoms with Gasteiger partial charge in [-0.15, -0.1) is 0 Å². The van der Waals surface area contributed by atoms with Crippen LogP contribution in [-0.2, 0) is 16.0 Å². The van der Waals surface area contributed by atoms with E-state index >= 15 is 0 Å². The van der Waals surface area contributed by atoms with E-state index in [0.717, 1.165) is 17.7 Å². The van der Waals surface area contributed by atoms with E-state index in [1.807, 2.05) is 24.3 Å². The lowest BCUT2D eigenvalue weighted by Gasteiger charge is -2.17. The van der Waals surface area contributed by atoms with Crippen LogP contribution in [0, 0.1) is 5.92 Å². The Morgan fingerprint density at radius 3 is 2.65 bits per heavy atom. The van der Waals surface area contributed by atoms with Crippen molar-refractivity contribution in [3.63, 3.8) is 0 Å². The number of benzene rings is 2. The molecule has 26 heavy (non-hydrogen) atoms. The average molecular weight is 350 g/mol. The molecule has 134 valence electrons. The number of rotatable bonds is 5. The van der Waals surface area contributed by atoms with Crippen LogP contribution in [0.1, 0.15) is 36.2 Å². The minimum atomic E-state index is -0.409. The number of ketones is 1. The fraction of sp³-hybridized carbons (Fsp3) is 0.286. The van der Waals surface area contributed by atoms with Crippen LogP contribution in [0.3, 0.4) is 0 Å². The van der Waals surface area contributed by atoms with E-state index in [1.54, 1.807) is 29.2 Å². The van der Waals surface area contributed by atoms with E-state index in [-0.39, 0.29) is 24.0 Å². The van der Waals surface area contributed by atoms with Crippen molar-refractivity contribution in [2.24, 2.45) is 5.92 Å². The number of nitrogens with zero attached hydrogens (tertiary/aromatic N) is 1. The fourth-order valence-electron chi connectivity index (χ4n) is 3.14. The molecule has 1 aliphatic heterocycles. The minimum Gasteiger partial charge on any atom is -0.326 e. The standard InChI is InChI=1S/C21H22N2O3/c1-3-15-6-4-9-19(10-15)23-13-17(12-20(23)25)21(26)22-18-8-5-7-16(11-18)14(2)24/h4-11,17H,3,12-13H2,1-2H3,(H,22,26)/t17-/m1/s1. The van der Waals surface area contributed by atoms with Crippen LogP contribution >= 0.6 is 0 Å². The molecule has 0 aromatic heterocycles. The molecule has 2 amide bonds. The molecule has 0 saturated carbocycles. The Hall–Kier alpha value is -2.95. The minimum absolute atomic E-state index is 0.0455. The summed E-state index contributed by atoms with van der Waals surface area (Å²) in [7, 11) is 0. The van der Waals surface area contributed by atoms with Gasteiger partial charge in [0.05, 0.1) is 5.92 Å². The number of anilines is 2. The topological polar surface area (TPSA) is 66.5 Å². The zero-order valence-corrected chi connectivity index (χ0v) is 15.0. The van der Waals surface area contributed by atoms with E-state index in [0.29, 0.717) is 17.8 Å². The Bertz CT molecular complexity index is 860. The molecular formula is C21H22N2O3. The number of amides is 2. The van der Waals surface area contributed by atoms with Crippen molar-refractivity contribution in [3.8, 4) is 0 Å². The predicted octanol–water partition coefficient (Wildman–Crippen LogP) is 3.44. The van der Waals surface area contributed by atoms with Crippen molar-refractivity contribution in [2.45, 2.75) is 26.7 Å². The lowest BCUT2D eigenvalue weighted by molar-refractivity contribution is -0.122. The van der Waals surface area contributed by atoms with Crippen LogP contribution in [0.4, 0.5) is 11.4 Å². The maximum absolute atomic E-state index is 12.6. The molecule has 1 atom stereocenters. The summed E-state index contributed by atoms with van der Waals surface area (Å²) in [4.78, 5) is 38.1. The SMILES string of the molecule is CCc1cccc(N2C[C@H](C(=O)Nc3cccc(C(C)=O)c3)CC2=O)c1. The molecule has 0 aliphatic carbocycles. The molecule has 0 spiro atoms. The van der Waals surface area contributed by atoms with Crippen LogP contribution in [-0.4, -0.2) is 24.1 Å². The molecule has 3 rings (SSSR count). The van der Waals surface area contributed by atoms with Crippen molar-refractivity contribution < 1.29 is 14.4 Å². The van der Waals surface area contributed by atoms with Gasteiger partial charge in [0.15, 0.2) is 5.78 Å². The van der Waals surface area contributed by atoms with E-state index in [1.165, 1.54) is 6.92 Å². The number of carbonyl (C=O) groups excluding carboxylic acids is 3. The van der Waals surface area contributed by atoms with Gasteiger partial charge in [0, 0.05) is 29.9 Å². The molecule has 1 saturated heterocycles. The summed E-state index contributed by atoms with van der Waals surface area (Å²) in [5, 5.41) is 2.82. The first-order valence-corrected chi connectivity index (χ1v) is 8.79. The van der Waals surface area contributed by atoms with Crippen LogP contribution in [0.5, 0.6) is 0 Å². The highest BCUT2D eigenvalue weighted by Gasteiger charge is 2.35. The van der Waals surface area contributed by atoms with Crippen LogP contribution < -0.4 is 10.2 Å². The summed E-state index contributed by atoms with van der Waals surface area (Å²) in [5.41, 5.74) is 3.11. The van der Waals surface area contributed by atoms with Crippen LogP contribution in [0.25, 0.3) is 0 Å². The molecule has 0 radical (unpaired) electrons. The number of nitrogens with one attached hydrogen (secondary N) is 1. The Labute approximate surface area is 153 Å². The molecule has 2 aromatic carbocycles. The molecule has 1 fully saturated rings. The smallest absolute Gasteiger partial charge is 0.229 e. The van der Waals surface area contributed by atoms with Gasteiger partial charge in [0.25, 0.3) is 0 Å². The highest BCUT2D eigenvalue weighted by Crippen LogP contribution is 2.27. The molecule has 1 heterocycles. The lowest BCUT2D eigenvalue weighted by Crippen LogP contribution is -2.28. The second-order valence-electron chi connectivity index (χ2n) is 6.56. The fourth-order valence-corrected chi connectivity index (χ4v) is 3.14. The molecular weight excluding hydrogens is 328 g/mol. The van der Waals surface area contributed by atoms with E-state index in [2.05, 4.69) is 12.2 Å². The van der Waals surface area contributed by atoms with Gasteiger partial charge in [-0.25, -0.2) is 0 Å². The summed E-state index contributed by atoms with van der Waals surface area (Å²) in [6.45, 7) is 3.92. The third-order valence-electron chi connectivity index (χ3n) is 4.66. The van der Waals surface area contributed by atoms with Gasteiger partial charge in [-0.1, -0.05) is 31.2 Å². The van der Waals surface area contributed by atoms with Crippen molar-refractivity contribution >= 4 is 29.0 Å². The highest BCUT2D eigenvalue weighted by atomic mass is 16.2. The van der Waals surface area contributed by atoms with Crippen LogP contribution in [0.2, 0.25) is 0 Å². The van der Waals surface area contributed by atoms with E-state index in [9.17, 15) is 14.4 Å². The first-order valence-electron chi connectivity index (χ1n) is 8.79. The molecule has 5 heteroatoms. The summed E-state index contributed by atoms with van der Waals surface area (Å²) in [6.07, 6.45) is 1.08. The van der Waals surface area contributed by atoms with Crippen molar-refractivity contribution in [3.05, 3.63) is 59.7 Å². The van der Waals surface area contributed by atoms with Crippen molar-refractivity contribution in [2.75, 3.05) is 16.8 Å². The van der Waals surface area contributed by atoms with E-state index < -0.39 is 5.92 Å². The van der Waals surface area contributed by atoms with Gasteiger partial charge in [-0.05, 0) is 43.2 Å². The number of carbonyl (C=O) groups is 3. The molecule has 0 bridgehead atoms. The average Bonchev–Trinajstić information content (AvgIpc) is 3.04. The zero-order chi connectivity index (χ0) is 18.7. The first kappa shape index (κ1) is 17.9. The maximum Gasteiger partial charge on any atom is 0.229 e. The normalized spacial score (nSPS) is 16.6. The van der Waals surface area contributed by atoms with Gasteiger partial charge in [-0.2, -0.15) is 0 Å².